The molecule has 0 heterocycles. The Bertz CT molecular complexity index is 261. The van der Waals surface area contributed by atoms with E-state index in [2.05, 4.69) is 13.0 Å². The number of aliphatic hydroxyl groups excluding tert-OH is 1. The van der Waals surface area contributed by atoms with Crippen LogP contribution in [0.3, 0.4) is 0 Å². The van der Waals surface area contributed by atoms with Crippen LogP contribution in [0.2, 0.25) is 0 Å². The summed E-state index contributed by atoms with van der Waals surface area (Å²) in [4.78, 5) is 10.3. The standard InChI is InChI=1S/C18H34O3/c1-2-3-11-14-17(19)15-12-9-7-5-4-6-8-10-13-16-18(20)21/h11,14,17,19H,2-10,12-13,15-16H2,1H3,(H,20,21)/b14-11+. The monoisotopic (exact) mass is 298 g/mol. The van der Waals surface area contributed by atoms with Crippen molar-refractivity contribution in [3.8, 4) is 0 Å². The number of allylic oxidation sites excluding steroid dienone is 1. The number of hydrogen-bond acceptors (Lipinski definition) is 2. The number of unbranched alkanes of at least 4 members (excludes halogenated alkanes) is 9. The number of rotatable bonds is 15. The highest BCUT2D eigenvalue weighted by Crippen LogP contribution is 2.12. The Hall–Kier alpha value is -0.830. The molecule has 21 heavy (non-hydrogen) atoms. The highest BCUT2D eigenvalue weighted by molar-refractivity contribution is 5.66. The van der Waals surface area contributed by atoms with Crippen molar-refractivity contribution in [3.63, 3.8) is 0 Å². The summed E-state index contributed by atoms with van der Waals surface area (Å²) in [6.45, 7) is 2.14. The third-order valence-corrected chi connectivity index (χ3v) is 3.70. The molecular weight excluding hydrogens is 264 g/mol. The topological polar surface area (TPSA) is 57.5 Å². The van der Waals surface area contributed by atoms with Crippen molar-refractivity contribution in [2.45, 2.75) is 96.5 Å². The van der Waals surface area contributed by atoms with Gasteiger partial charge in [-0.2, -0.15) is 0 Å². The predicted molar refractivity (Wildman–Crippen MR) is 88.5 cm³/mol. The third-order valence-electron chi connectivity index (χ3n) is 3.70. The number of aliphatic hydroxyl groups is 1. The van der Waals surface area contributed by atoms with Crippen molar-refractivity contribution < 1.29 is 15.0 Å². The van der Waals surface area contributed by atoms with Gasteiger partial charge in [-0.1, -0.05) is 76.9 Å². The smallest absolute Gasteiger partial charge is 0.303 e. The normalized spacial score (nSPS) is 12.9. The van der Waals surface area contributed by atoms with Gasteiger partial charge in [0.15, 0.2) is 0 Å². The summed E-state index contributed by atoms with van der Waals surface area (Å²) in [5.41, 5.74) is 0. The minimum Gasteiger partial charge on any atom is -0.481 e. The largest absolute Gasteiger partial charge is 0.481 e. The van der Waals surface area contributed by atoms with Gasteiger partial charge in [0, 0.05) is 6.42 Å². The van der Waals surface area contributed by atoms with Crippen LogP contribution in [0.4, 0.5) is 0 Å². The van der Waals surface area contributed by atoms with Crippen LogP contribution >= 0.6 is 0 Å². The molecule has 124 valence electrons. The first kappa shape index (κ1) is 20.2. The van der Waals surface area contributed by atoms with E-state index in [0.717, 1.165) is 44.9 Å². The molecule has 3 nitrogen and oxygen atoms in total. The van der Waals surface area contributed by atoms with Crippen LogP contribution in [0.25, 0.3) is 0 Å². The number of aliphatic carboxylic acids is 1. The summed E-state index contributed by atoms with van der Waals surface area (Å²) in [5, 5.41) is 18.2. The minimum absolute atomic E-state index is 0.259. The van der Waals surface area contributed by atoms with E-state index in [1.165, 1.54) is 32.1 Å². The van der Waals surface area contributed by atoms with E-state index in [0.29, 0.717) is 6.42 Å². The van der Waals surface area contributed by atoms with Crippen molar-refractivity contribution in [2.75, 3.05) is 0 Å². The highest BCUT2D eigenvalue weighted by Gasteiger charge is 1.99. The molecule has 0 aliphatic rings. The maximum atomic E-state index is 10.3. The Balaban J connectivity index is 3.16. The molecule has 0 aromatic heterocycles. The van der Waals surface area contributed by atoms with Crippen LogP contribution in [0, 0.1) is 0 Å². The molecule has 0 radical (unpaired) electrons. The molecule has 0 aromatic rings. The number of carbonyl (C=O) groups is 1. The second kappa shape index (κ2) is 15.6. The van der Waals surface area contributed by atoms with Crippen LogP contribution in [0.5, 0.6) is 0 Å². The fraction of sp³-hybridized carbons (Fsp3) is 0.833. The van der Waals surface area contributed by atoms with E-state index in [9.17, 15) is 9.90 Å². The Morgan fingerprint density at radius 3 is 2.00 bits per heavy atom. The molecule has 2 N–H and O–H groups in total. The van der Waals surface area contributed by atoms with E-state index in [-0.39, 0.29) is 6.10 Å². The quantitative estimate of drug-likeness (QED) is 0.327. The Kier molecular flexibility index (Phi) is 14.9. The molecule has 0 amide bonds. The molecule has 0 aromatic carbocycles. The van der Waals surface area contributed by atoms with E-state index in [4.69, 9.17) is 5.11 Å². The van der Waals surface area contributed by atoms with E-state index >= 15 is 0 Å². The van der Waals surface area contributed by atoms with E-state index in [1.54, 1.807) is 0 Å². The summed E-state index contributed by atoms with van der Waals surface area (Å²) in [5.74, 6) is -0.679. The van der Waals surface area contributed by atoms with Crippen molar-refractivity contribution in [1.82, 2.24) is 0 Å². The average Bonchev–Trinajstić information content (AvgIpc) is 2.44. The molecule has 0 aliphatic heterocycles. The van der Waals surface area contributed by atoms with Crippen molar-refractivity contribution in [2.24, 2.45) is 0 Å². The maximum Gasteiger partial charge on any atom is 0.303 e. The fourth-order valence-corrected chi connectivity index (χ4v) is 2.38. The number of carboxylic acids is 1. The van der Waals surface area contributed by atoms with Crippen molar-refractivity contribution >= 4 is 5.97 Å². The lowest BCUT2D eigenvalue weighted by atomic mass is 10.0. The van der Waals surface area contributed by atoms with Crippen LogP contribution in [0.15, 0.2) is 12.2 Å². The first-order valence-electron chi connectivity index (χ1n) is 8.73. The maximum absolute atomic E-state index is 10.3. The van der Waals surface area contributed by atoms with E-state index in [1.807, 2.05) is 6.08 Å². The summed E-state index contributed by atoms with van der Waals surface area (Å²) in [7, 11) is 0. The van der Waals surface area contributed by atoms with Gasteiger partial charge in [-0.3, -0.25) is 4.79 Å². The van der Waals surface area contributed by atoms with Gasteiger partial charge >= 0.3 is 5.97 Å². The zero-order valence-electron chi connectivity index (χ0n) is 13.7. The van der Waals surface area contributed by atoms with Crippen molar-refractivity contribution in [1.29, 1.82) is 0 Å². The highest BCUT2D eigenvalue weighted by atomic mass is 16.4. The van der Waals surface area contributed by atoms with E-state index < -0.39 is 5.97 Å². The molecule has 1 atom stereocenters. The Morgan fingerprint density at radius 1 is 0.952 bits per heavy atom. The molecule has 0 rings (SSSR count). The average molecular weight is 298 g/mol. The molecule has 0 bridgehead atoms. The second-order valence-electron chi connectivity index (χ2n) is 5.90. The SMILES string of the molecule is CCC/C=C/C(O)CCCCCCCCCCCC(=O)O. The Morgan fingerprint density at radius 2 is 1.48 bits per heavy atom. The number of hydrogen-bond donors (Lipinski definition) is 2. The van der Waals surface area contributed by atoms with Gasteiger partial charge in [-0.15, -0.1) is 0 Å². The van der Waals surface area contributed by atoms with Crippen LogP contribution in [0.1, 0.15) is 90.4 Å². The van der Waals surface area contributed by atoms with Gasteiger partial charge in [0.1, 0.15) is 0 Å². The lowest BCUT2D eigenvalue weighted by Crippen LogP contribution is -2.01. The summed E-state index contributed by atoms with van der Waals surface area (Å²) >= 11 is 0. The third kappa shape index (κ3) is 17.1. The molecule has 1 unspecified atom stereocenters. The van der Waals surface area contributed by atoms with Crippen molar-refractivity contribution in [3.05, 3.63) is 12.2 Å². The molecule has 0 saturated carbocycles. The molecule has 0 saturated heterocycles. The first-order valence-corrected chi connectivity index (χ1v) is 8.73. The lowest BCUT2D eigenvalue weighted by Gasteiger charge is -2.05. The summed E-state index contributed by atoms with van der Waals surface area (Å²) < 4.78 is 0. The van der Waals surface area contributed by atoms with Crippen LogP contribution in [-0.2, 0) is 4.79 Å². The van der Waals surface area contributed by atoms with Gasteiger partial charge in [0.05, 0.1) is 6.10 Å². The Labute approximate surface area is 130 Å². The molecule has 3 heteroatoms. The van der Waals surface area contributed by atoms with Gasteiger partial charge in [-0.05, 0) is 19.3 Å². The number of carboxylic acid groups (broad SMARTS) is 1. The lowest BCUT2D eigenvalue weighted by molar-refractivity contribution is -0.137. The van der Waals surface area contributed by atoms with Gasteiger partial charge < -0.3 is 10.2 Å². The molecular formula is C18H34O3. The van der Waals surface area contributed by atoms with Gasteiger partial charge in [0.25, 0.3) is 0 Å². The van der Waals surface area contributed by atoms with Crippen LogP contribution < -0.4 is 0 Å². The zero-order chi connectivity index (χ0) is 15.8. The predicted octanol–water partition coefficient (Wildman–Crippen LogP) is 5.08. The molecule has 0 aliphatic carbocycles. The summed E-state index contributed by atoms with van der Waals surface area (Å²) in [6, 6.07) is 0. The van der Waals surface area contributed by atoms with Gasteiger partial charge in [0.2, 0.25) is 0 Å². The summed E-state index contributed by atoms with van der Waals surface area (Å²) in [6.07, 6.45) is 17.5. The fourth-order valence-electron chi connectivity index (χ4n) is 2.38. The minimum atomic E-state index is -0.679. The zero-order valence-corrected chi connectivity index (χ0v) is 13.7. The first-order chi connectivity index (χ1) is 10.2. The van der Waals surface area contributed by atoms with Gasteiger partial charge in [-0.25, -0.2) is 0 Å². The van der Waals surface area contributed by atoms with Crippen LogP contribution in [-0.4, -0.2) is 22.3 Å². The molecule has 0 spiro atoms. The second-order valence-corrected chi connectivity index (χ2v) is 5.90. The molecule has 0 fully saturated rings.